The molecule has 0 unspecified atom stereocenters. The van der Waals surface area contributed by atoms with Crippen molar-refractivity contribution in [2.24, 2.45) is 0 Å². The quantitative estimate of drug-likeness (QED) is 0.826. The second-order valence-electron chi connectivity index (χ2n) is 4.25. The molecule has 2 rings (SSSR count). The minimum Gasteiger partial charge on any atom is -0.354 e. The van der Waals surface area contributed by atoms with Crippen molar-refractivity contribution in [2.75, 3.05) is 6.54 Å². The van der Waals surface area contributed by atoms with Crippen molar-refractivity contribution in [3.8, 4) is 0 Å². The van der Waals surface area contributed by atoms with Crippen LogP contribution in [0.1, 0.15) is 6.42 Å². The normalized spacial score (nSPS) is 11.7. The van der Waals surface area contributed by atoms with Gasteiger partial charge in [-0.15, -0.1) is 0 Å². The SMILES string of the molecule is O=S(=O)(NCCCn1cccc1)c1ccc(Cl)c(Cl)c1. The molecule has 0 amide bonds. The highest BCUT2D eigenvalue weighted by Crippen LogP contribution is 2.24. The summed E-state index contributed by atoms with van der Waals surface area (Å²) in [5.74, 6) is 0. The summed E-state index contributed by atoms with van der Waals surface area (Å²) in [5.41, 5.74) is 0. The lowest BCUT2D eigenvalue weighted by Crippen LogP contribution is -2.25. The van der Waals surface area contributed by atoms with Gasteiger partial charge in [0.05, 0.1) is 14.9 Å². The highest BCUT2D eigenvalue weighted by atomic mass is 35.5. The molecule has 1 aromatic carbocycles. The smallest absolute Gasteiger partial charge is 0.240 e. The van der Waals surface area contributed by atoms with Crippen molar-refractivity contribution in [3.05, 3.63) is 52.8 Å². The first-order chi connectivity index (χ1) is 9.49. The van der Waals surface area contributed by atoms with Gasteiger partial charge in [0, 0.05) is 25.5 Å². The lowest BCUT2D eigenvalue weighted by molar-refractivity contribution is 0.570. The van der Waals surface area contributed by atoms with Gasteiger partial charge < -0.3 is 4.57 Å². The van der Waals surface area contributed by atoms with Crippen LogP contribution in [0.3, 0.4) is 0 Å². The molecule has 0 radical (unpaired) electrons. The summed E-state index contributed by atoms with van der Waals surface area (Å²) < 4.78 is 28.6. The Morgan fingerprint density at radius 3 is 2.45 bits per heavy atom. The van der Waals surface area contributed by atoms with Crippen LogP contribution < -0.4 is 4.72 Å². The summed E-state index contributed by atoms with van der Waals surface area (Å²) in [4.78, 5) is 0.118. The van der Waals surface area contributed by atoms with Crippen molar-refractivity contribution >= 4 is 33.2 Å². The summed E-state index contributed by atoms with van der Waals surface area (Å²) in [6.45, 7) is 1.12. The van der Waals surface area contributed by atoms with E-state index in [1.807, 2.05) is 29.1 Å². The Bertz CT molecular complexity index is 670. The zero-order chi connectivity index (χ0) is 14.6. The fraction of sp³-hybridized carbons (Fsp3) is 0.231. The molecule has 1 heterocycles. The molecule has 0 fully saturated rings. The molecule has 1 aromatic heterocycles. The van der Waals surface area contributed by atoms with Gasteiger partial charge in [0.15, 0.2) is 0 Å². The number of benzene rings is 1. The summed E-state index contributed by atoms with van der Waals surface area (Å²) in [7, 11) is -3.54. The van der Waals surface area contributed by atoms with Crippen molar-refractivity contribution < 1.29 is 8.42 Å². The van der Waals surface area contributed by atoms with Crippen LogP contribution in [0.15, 0.2) is 47.6 Å². The molecular weight excluding hydrogens is 319 g/mol. The van der Waals surface area contributed by atoms with E-state index in [0.717, 1.165) is 6.54 Å². The molecule has 0 saturated carbocycles. The predicted molar refractivity (Wildman–Crippen MR) is 80.7 cm³/mol. The molecule has 108 valence electrons. The van der Waals surface area contributed by atoms with E-state index in [4.69, 9.17) is 23.2 Å². The van der Waals surface area contributed by atoms with Crippen molar-refractivity contribution in [2.45, 2.75) is 17.9 Å². The van der Waals surface area contributed by atoms with Crippen LogP contribution in [0.25, 0.3) is 0 Å². The maximum Gasteiger partial charge on any atom is 0.240 e. The molecule has 0 saturated heterocycles. The molecule has 0 spiro atoms. The average Bonchev–Trinajstić information content (AvgIpc) is 2.91. The average molecular weight is 333 g/mol. The molecule has 1 N–H and O–H groups in total. The van der Waals surface area contributed by atoms with Crippen molar-refractivity contribution in [1.29, 1.82) is 0 Å². The summed E-state index contributed by atoms with van der Waals surface area (Å²) in [6, 6.07) is 8.11. The predicted octanol–water partition coefficient (Wildman–Crippen LogP) is 3.16. The molecule has 0 aliphatic heterocycles. The van der Waals surface area contributed by atoms with Crippen LogP contribution in [-0.4, -0.2) is 19.5 Å². The number of nitrogens with zero attached hydrogens (tertiary/aromatic N) is 1. The molecule has 2 aromatic rings. The lowest BCUT2D eigenvalue weighted by atomic mass is 10.4. The highest BCUT2D eigenvalue weighted by molar-refractivity contribution is 7.89. The zero-order valence-corrected chi connectivity index (χ0v) is 12.9. The molecule has 0 atom stereocenters. The Labute approximate surface area is 128 Å². The molecule has 4 nitrogen and oxygen atoms in total. The first kappa shape index (κ1) is 15.4. The van der Waals surface area contributed by atoms with Crippen molar-refractivity contribution in [1.82, 2.24) is 9.29 Å². The van der Waals surface area contributed by atoms with Gasteiger partial charge in [-0.25, -0.2) is 13.1 Å². The fourth-order valence-electron chi connectivity index (χ4n) is 1.71. The maximum atomic E-state index is 12.0. The molecule has 0 bridgehead atoms. The summed E-state index contributed by atoms with van der Waals surface area (Å²) in [5, 5.41) is 0.556. The zero-order valence-electron chi connectivity index (χ0n) is 10.6. The van der Waals surface area contributed by atoms with Gasteiger partial charge in [0.1, 0.15) is 0 Å². The van der Waals surface area contributed by atoms with E-state index in [1.54, 1.807) is 0 Å². The number of aryl methyl sites for hydroxylation is 1. The Morgan fingerprint density at radius 2 is 1.80 bits per heavy atom. The maximum absolute atomic E-state index is 12.0. The number of sulfonamides is 1. The van der Waals surface area contributed by atoms with Gasteiger partial charge in [-0.1, -0.05) is 23.2 Å². The minimum atomic E-state index is -3.54. The summed E-state index contributed by atoms with van der Waals surface area (Å²) in [6.07, 6.45) is 4.58. The first-order valence-electron chi connectivity index (χ1n) is 6.04. The van der Waals surface area contributed by atoms with E-state index in [2.05, 4.69) is 4.72 Å². The van der Waals surface area contributed by atoms with Gasteiger partial charge in [0.2, 0.25) is 10.0 Å². The van der Waals surface area contributed by atoms with Crippen molar-refractivity contribution in [3.63, 3.8) is 0 Å². The molecule has 0 aliphatic rings. The number of halogens is 2. The molecular formula is C13H14Cl2N2O2S. The Balaban J connectivity index is 1.92. The Kier molecular flexibility index (Phi) is 5.10. The van der Waals surface area contributed by atoms with E-state index >= 15 is 0 Å². The standard InChI is InChI=1S/C13H14Cl2N2O2S/c14-12-5-4-11(10-13(12)15)20(18,19)16-6-3-9-17-7-1-2-8-17/h1-2,4-5,7-8,10,16H,3,6,9H2. The van der Waals surface area contributed by atoms with E-state index in [9.17, 15) is 8.42 Å². The number of hydrogen-bond acceptors (Lipinski definition) is 2. The monoisotopic (exact) mass is 332 g/mol. The third-order valence-electron chi connectivity index (χ3n) is 2.75. The van der Waals surface area contributed by atoms with Gasteiger partial charge in [-0.2, -0.15) is 0 Å². The van der Waals surface area contributed by atoms with Crippen LogP contribution in [-0.2, 0) is 16.6 Å². The van der Waals surface area contributed by atoms with E-state index in [1.165, 1.54) is 18.2 Å². The Morgan fingerprint density at radius 1 is 1.10 bits per heavy atom. The molecule has 0 aliphatic carbocycles. The summed E-state index contributed by atoms with van der Waals surface area (Å²) >= 11 is 11.6. The third-order valence-corrected chi connectivity index (χ3v) is 4.95. The third kappa shape index (κ3) is 3.99. The first-order valence-corrected chi connectivity index (χ1v) is 8.28. The molecule has 7 heteroatoms. The van der Waals surface area contributed by atoms with E-state index < -0.39 is 10.0 Å². The van der Waals surface area contributed by atoms with Gasteiger partial charge in [-0.05, 0) is 36.8 Å². The van der Waals surface area contributed by atoms with Gasteiger partial charge in [0.25, 0.3) is 0 Å². The largest absolute Gasteiger partial charge is 0.354 e. The Hall–Kier alpha value is -1.01. The van der Waals surface area contributed by atoms with Crippen LogP contribution in [0.2, 0.25) is 10.0 Å². The number of nitrogens with one attached hydrogen (secondary N) is 1. The fourth-order valence-corrected chi connectivity index (χ4v) is 3.18. The highest BCUT2D eigenvalue weighted by Gasteiger charge is 2.14. The van der Waals surface area contributed by atoms with Crippen LogP contribution in [0.4, 0.5) is 0 Å². The van der Waals surface area contributed by atoms with Crippen LogP contribution >= 0.6 is 23.2 Å². The number of aromatic nitrogens is 1. The van der Waals surface area contributed by atoms with Crippen LogP contribution in [0, 0.1) is 0 Å². The van der Waals surface area contributed by atoms with E-state index in [0.29, 0.717) is 18.0 Å². The van der Waals surface area contributed by atoms with Gasteiger partial charge in [-0.3, -0.25) is 0 Å². The van der Waals surface area contributed by atoms with E-state index in [-0.39, 0.29) is 9.92 Å². The number of rotatable bonds is 6. The van der Waals surface area contributed by atoms with Crippen LogP contribution in [0.5, 0.6) is 0 Å². The second-order valence-corrected chi connectivity index (χ2v) is 6.83. The molecule has 20 heavy (non-hydrogen) atoms. The minimum absolute atomic E-state index is 0.118. The second kappa shape index (κ2) is 6.63. The van der Waals surface area contributed by atoms with Gasteiger partial charge >= 0.3 is 0 Å². The number of hydrogen-bond donors (Lipinski definition) is 1. The topological polar surface area (TPSA) is 51.1 Å². The lowest BCUT2D eigenvalue weighted by Gasteiger charge is -2.08.